The molecule has 3 saturated heterocycles. The Hall–Kier alpha value is -4.99. The fraction of sp³-hybridized carbons (Fsp3) is 0.615. The Kier molecular flexibility index (Phi) is 12.7. The molecule has 3 aliphatic heterocycles. The van der Waals surface area contributed by atoms with Crippen molar-refractivity contribution in [3.8, 4) is 5.75 Å². The number of fused-ring (bicyclic) bond motifs is 1. The summed E-state index contributed by atoms with van der Waals surface area (Å²) in [6, 6.07) is 5.38. The van der Waals surface area contributed by atoms with E-state index in [-0.39, 0.29) is 88.1 Å². The van der Waals surface area contributed by atoms with Crippen molar-refractivity contribution in [3.63, 3.8) is 0 Å². The van der Waals surface area contributed by atoms with E-state index in [1.54, 1.807) is 28.9 Å². The van der Waals surface area contributed by atoms with Crippen LogP contribution in [0.3, 0.4) is 0 Å². The molecule has 16 nitrogen and oxygen atoms in total. The van der Waals surface area contributed by atoms with Crippen LogP contribution in [0.1, 0.15) is 81.3 Å². The number of aryl methyl sites for hydroxylation is 1. The summed E-state index contributed by atoms with van der Waals surface area (Å²) < 4.78 is 22.1. The summed E-state index contributed by atoms with van der Waals surface area (Å²) in [5.41, 5.74) is 0.749. The summed E-state index contributed by atoms with van der Waals surface area (Å²) >= 11 is 0. The molecule has 2 aromatic rings. The molecule has 5 amide bonds. The summed E-state index contributed by atoms with van der Waals surface area (Å²) in [5.74, 6) is -1.87. The smallest absolute Gasteiger partial charge is 0.409 e. The Balaban J connectivity index is 1.16. The molecule has 16 heteroatoms. The molecule has 3 unspecified atom stereocenters. The van der Waals surface area contributed by atoms with E-state index in [0.717, 1.165) is 31.2 Å². The number of hydrogen-bond donors (Lipinski definition) is 2. The topological polar surface area (TPSA) is 186 Å². The normalized spacial score (nSPS) is 21.6. The number of aromatic nitrogens is 1. The van der Waals surface area contributed by atoms with Crippen LogP contribution in [-0.2, 0) is 33.4 Å². The van der Waals surface area contributed by atoms with Gasteiger partial charge in [0, 0.05) is 63.1 Å². The summed E-state index contributed by atoms with van der Waals surface area (Å²) in [4.78, 5) is 88.5. The molecular weight excluding hydrogens is 712 g/mol. The van der Waals surface area contributed by atoms with Crippen LogP contribution in [0.25, 0.3) is 10.9 Å². The summed E-state index contributed by atoms with van der Waals surface area (Å²) in [7, 11) is 0. The van der Waals surface area contributed by atoms with Crippen LogP contribution in [0, 0.1) is 6.92 Å². The number of pyridine rings is 1. The van der Waals surface area contributed by atoms with Crippen LogP contribution >= 0.6 is 0 Å². The predicted molar refractivity (Wildman–Crippen MR) is 198 cm³/mol. The van der Waals surface area contributed by atoms with Crippen molar-refractivity contribution < 1.29 is 47.7 Å². The lowest BCUT2D eigenvalue weighted by molar-refractivity contribution is -0.181. The van der Waals surface area contributed by atoms with Crippen molar-refractivity contribution >= 4 is 46.6 Å². The molecule has 2 N–H and O–H groups in total. The number of nitrogens with one attached hydrogen (secondary N) is 2. The highest BCUT2D eigenvalue weighted by atomic mass is 16.6. The number of rotatable bonds is 14. The zero-order valence-corrected chi connectivity index (χ0v) is 31.9. The summed E-state index contributed by atoms with van der Waals surface area (Å²) in [5, 5.41) is 6.42. The number of benzene rings is 1. The third-order valence-corrected chi connectivity index (χ3v) is 10.8. The Morgan fingerprint density at radius 3 is 2.40 bits per heavy atom. The average molecular weight is 765 g/mol. The molecule has 1 aliphatic carbocycles. The number of likely N-dealkylation sites (tertiary alicyclic amines) is 1. The van der Waals surface area contributed by atoms with Crippen LogP contribution in [0.5, 0.6) is 5.75 Å². The largest absolute Gasteiger partial charge is 0.483 e. The Bertz CT molecular complexity index is 1770. The van der Waals surface area contributed by atoms with E-state index in [0.29, 0.717) is 36.9 Å². The van der Waals surface area contributed by atoms with Gasteiger partial charge in [0.2, 0.25) is 11.8 Å². The van der Waals surface area contributed by atoms with E-state index < -0.39 is 41.6 Å². The first kappa shape index (κ1) is 39.7. The molecular formula is C39H52N6O10. The zero-order valence-electron chi connectivity index (χ0n) is 31.9. The predicted octanol–water partition coefficient (Wildman–Crippen LogP) is 2.48. The van der Waals surface area contributed by atoms with Gasteiger partial charge in [0.1, 0.15) is 35.7 Å². The first-order valence-electron chi connectivity index (χ1n) is 19.4. The highest BCUT2D eigenvalue weighted by Crippen LogP contribution is 2.29. The molecule has 4 aliphatic rings. The molecule has 6 rings (SSSR count). The summed E-state index contributed by atoms with van der Waals surface area (Å²) in [6.07, 6.45) is 4.39. The Morgan fingerprint density at radius 2 is 1.73 bits per heavy atom. The lowest BCUT2D eigenvalue weighted by Gasteiger charge is -2.37. The maximum atomic E-state index is 13.9. The van der Waals surface area contributed by atoms with Crippen molar-refractivity contribution in [2.24, 2.45) is 0 Å². The highest BCUT2D eigenvalue weighted by molar-refractivity contribution is 5.99. The number of piperazine rings is 1. The zero-order chi connectivity index (χ0) is 39.1. The number of esters is 1. The first-order valence-corrected chi connectivity index (χ1v) is 19.4. The molecule has 1 aromatic carbocycles. The molecule has 4 heterocycles. The highest BCUT2D eigenvalue weighted by Gasteiger charge is 2.37. The fourth-order valence-electron chi connectivity index (χ4n) is 7.12. The number of hydrogen-bond acceptors (Lipinski definition) is 11. The second-order valence-corrected chi connectivity index (χ2v) is 15.0. The molecule has 0 radical (unpaired) electrons. The molecule has 298 valence electrons. The number of amides is 5. The molecule has 0 spiro atoms. The van der Waals surface area contributed by atoms with Gasteiger partial charge >= 0.3 is 12.1 Å². The molecule has 0 bridgehead atoms. The summed E-state index contributed by atoms with van der Waals surface area (Å²) in [6.45, 7) is 7.40. The number of nitrogens with zero attached hydrogens (tertiary/aromatic N) is 4. The van der Waals surface area contributed by atoms with Crippen molar-refractivity contribution in [1.82, 2.24) is 30.3 Å². The van der Waals surface area contributed by atoms with Crippen LogP contribution in [-0.4, -0.2) is 138 Å². The number of ether oxygens (including phenoxy) is 4. The van der Waals surface area contributed by atoms with E-state index in [4.69, 9.17) is 18.9 Å². The van der Waals surface area contributed by atoms with Gasteiger partial charge in [-0.25, -0.2) is 9.78 Å². The van der Waals surface area contributed by atoms with Crippen LogP contribution < -0.4 is 15.4 Å². The van der Waals surface area contributed by atoms with Crippen molar-refractivity contribution in [3.05, 3.63) is 35.5 Å². The Labute approximate surface area is 320 Å². The quantitative estimate of drug-likeness (QED) is 0.269. The van der Waals surface area contributed by atoms with Crippen molar-refractivity contribution in [2.45, 2.75) is 95.9 Å². The van der Waals surface area contributed by atoms with Gasteiger partial charge in [-0.2, -0.15) is 0 Å². The van der Waals surface area contributed by atoms with E-state index in [9.17, 15) is 28.8 Å². The Morgan fingerprint density at radius 1 is 0.982 bits per heavy atom. The van der Waals surface area contributed by atoms with Gasteiger partial charge in [0.25, 0.3) is 11.8 Å². The van der Waals surface area contributed by atoms with Crippen LogP contribution in [0.2, 0.25) is 0 Å². The van der Waals surface area contributed by atoms with Gasteiger partial charge in [-0.3, -0.25) is 24.0 Å². The standard InChI is InChI=1S/C39H52N6O10/c1-4-52-38(51)44-18-16-43(17-19-44)37(50)28(12-13-34(47)54-24-39(3)14-20-55-39)42-35(48)30-22-32(27-11-10-25(2)21-29(27)41-30)53-23-33(46)45-15-6-9-31(45)36(49)40-26-7-5-8-26/h10-11,21-22,26,28,31H,4-9,12-20,23-24H2,1-3H3,(H,40,49)(H,42,48). The minimum absolute atomic E-state index is 0.0467. The van der Waals surface area contributed by atoms with E-state index in [1.807, 2.05) is 19.9 Å². The first-order chi connectivity index (χ1) is 26.4. The third-order valence-electron chi connectivity index (χ3n) is 10.8. The third kappa shape index (κ3) is 9.82. The second kappa shape index (κ2) is 17.6. The van der Waals surface area contributed by atoms with E-state index >= 15 is 0 Å². The lowest BCUT2D eigenvalue weighted by atomic mass is 9.93. The van der Waals surface area contributed by atoms with Crippen LogP contribution in [0.4, 0.5) is 4.79 Å². The van der Waals surface area contributed by atoms with Gasteiger partial charge in [0.05, 0.1) is 18.7 Å². The van der Waals surface area contributed by atoms with Gasteiger partial charge in [0.15, 0.2) is 6.61 Å². The van der Waals surface area contributed by atoms with E-state index in [1.165, 1.54) is 11.0 Å². The number of carbonyl (C=O) groups excluding carboxylic acids is 6. The molecule has 1 aromatic heterocycles. The number of carbonyl (C=O) groups is 6. The molecule has 1 saturated carbocycles. The van der Waals surface area contributed by atoms with Crippen LogP contribution in [0.15, 0.2) is 24.3 Å². The van der Waals surface area contributed by atoms with Gasteiger partial charge < -0.3 is 44.3 Å². The maximum Gasteiger partial charge on any atom is 0.409 e. The molecule has 3 atom stereocenters. The molecule has 4 fully saturated rings. The van der Waals surface area contributed by atoms with Crippen molar-refractivity contribution in [1.29, 1.82) is 0 Å². The van der Waals surface area contributed by atoms with Gasteiger partial charge in [-0.15, -0.1) is 0 Å². The lowest BCUT2D eigenvalue weighted by Crippen LogP contribution is -2.56. The monoisotopic (exact) mass is 764 g/mol. The SMILES string of the molecule is CCOC(=O)N1CCN(C(=O)C(CCC(=O)OCC2(C)CCO2)NC(=O)c2cc(OCC(=O)N3CCCC3C(=O)NC3CCC3)c3ccc(C)cc3n2)CC1. The van der Waals surface area contributed by atoms with Gasteiger partial charge in [-0.1, -0.05) is 6.07 Å². The maximum absolute atomic E-state index is 13.9. The van der Waals surface area contributed by atoms with Crippen molar-refractivity contribution in [2.75, 3.05) is 59.2 Å². The minimum atomic E-state index is -1.12. The fourth-order valence-corrected chi connectivity index (χ4v) is 7.12. The molecule has 55 heavy (non-hydrogen) atoms. The average Bonchev–Trinajstić information content (AvgIpc) is 3.65. The van der Waals surface area contributed by atoms with Gasteiger partial charge in [-0.05, 0) is 77.0 Å². The second-order valence-electron chi connectivity index (χ2n) is 15.0. The van der Waals surface area contributed by atoms with E-state index in [2.05, 4.69) is 15.6 Å². The minimum Gasteiger partial charge on any atom is -0.483 e.